The van der Waals surface area contributed by atoms with Crippen LogP contribution in [0.1, 0.15) is 24.4 Å². The molecule has 1 aliphatic heterocycles. The molecule has 1 aliphatic rings. The second-order valence-corrected chi connectivity index (χ2v) is 4.93. The molecule has 1 saturated heterocycles. The monoisotopic (exact) mass is 288 g/mol. The fourth-order valence-corrected chi connectivity index (χ4v) is 2.61. The summed E-state index contributed by atoms with van der Waals surface area (Å²) in [5.41, 5.74) is 0.166. The van der Waals surface area contributed by atoms with Gasteiger partial charge in [-0.15, -0.1) is 0 Å². The summed E-state index contributed by atoms with van der Waals surface area (Å²) in [6.45, 7) is 2.98. The second kappa shape index (κ2) is 7.06. The average molecular weight is 288 g/mol. The number of aliphatic hydroxyl groups is 1. The van der Waals surface area contributed by atoms with Gasteiger partial charge in [0.2, 0.25) is 0 Å². The van der Waals surface area contributed by atoms with Crippen LogP contribution in [0.5, 0.6) is 0 Å². The Morgan fingerprint density at radius 3 is 2.50 bits per heavy atom. The molecular formula is C14H19F3N2O. The molecule has 2 rings (SSSR count). The van der Waals surface area contributed by atoms with E-state index in [2.05, 4.69) is 5.32 Å². The van der Waals surface area contributed by atoms with E-state index in [1.54, 1.807) is 0 Å². The zero-order valence-corrected chi connectivity index (χ0v) is 11.2. The Labute approximate surface area is 116 Å². The van der Waals surface area contributed by atoms with Crippen molar-refractivity contribution in [2.75, 3.05) is 32.8 Å². The Morgan fingerprint density at radius 2 is 1.85 bits per heavy atom. The number of nitrogens with one attached hydrogen (secondary N) is 1. The number of piperazine rings is 1. The van der Waals surface area contributed by atoms with E-state index in [9.17, 15) is 13.2 Å². The molecule has 1 aromatic carbocycles. The topological polar surface area (TPSA) is 35.5 Å². The smallest absolute Gasteiger partial charge is 0.194 e. The van der Waals surface area contributed by atoms with Crippen molar-refractivity contribution in [3.05, 3.63) is 35.1 Å². The third kappa shape index (κ3) is 3.31. The van der Waals surface area contributed by atoms with Crippen LogP contribution in [0, 0.1) is 17.5 Å². The predicted octanol–water partition coefficient (Wildman–Crippen LogP) is 1.82. The van der Waals surface area contributed by atoms with Gasteiger partial charge in [-0.1, -0.05) is 6.07 Å². The van der Waals surface area contributed by atoms with Crippen LogP contribution < -0.4 is 5.32 Å². The molecule has 1 atom stereocenters. The van der Waals surface area contributed by atoms with Crippen molar-refractivity contribution in [2.45, 2.75) is 18.9 Å². The largest absolute Gasteiger partial charge is 0.396 e. The van der Waals surface area contributed by atoms with Crippen molar-refractivity contribution in [1.82, 2.24) is 10.2 Å². The summed E-state index contributed by atoms with van der Waals surface area (Å²) in [5, 5.41) is 12.2. The first-order valence-electron chi connectivity index (χ1n) is 6.84. The van der Waals surface area contributed by atoms with Crippen LogP contribution in [0.3, 0.4) is 0 Å². The minimum Gasteiger partial charge on any atom is -0.396 e. The number of benzene rings is 1. The van der Waals surface area contributed by atoms with Crippen LogP contribution in [0.4, 0.5) is 13.2 Å². The maximum Gasteiger partial charge on any atom is 0.194 e. The lowest BCUT2D eigenvalue weighted by molar-refractivity contribution is 0.151. The number of hydrogen-bond acceptors (Lipinski definition) is 3. The summed E-state index contributed by atoms with van der Waals surface area (Å²) in [6.07, 6.45) is 1.01. The van der Waals surface area contributed by atoms with E-state index in [1.165, 1.54) is 6.07 Å². The van der Waals surface area contributed by atoms with Gasteiger partial charge < -0.3 is 10.4 Å². The minimum atomic E-state index is -1.42. The molecular weight excluding hydrogens is 269 g/mol. The number of rotatable bonds is 5. The van der Waals surface area contributed by atoms with Gasteiger partial charge in [-0.3, -0.25) is 4.90 Å². The molecule has 0 aromatic heterocycles. The summed E-state index contributed by atoms with van der Waals surface area (Å²) in [7, 11) is 0. The predicted molar refractivity (Wildman–Crippen MR) is 69.8 cm³/mol. The molecule has 20 heavy (non-hydrogen) atoms. The van der Waals surface area contributed by atoms with Gasteiger partial charge in [0, 0.05) is 44.4 Å². The molecule has 3 nitrogen and oxygen atoms in total. The van der Waals surface area contributed by atoms with Crippen LogP contribution in [0.2, 0.25) is 0 Å². The first kappa shape index (κ1) is 15.3. The first-order valence-corrected chi connectivity index (χ1v) is 6.84. The molecule has 0 unspecified atom stereocenters. The van der Waals surface area contributed by atoms with Gasteiger partial charge in [-0.05, 0) is 18.9 Å². The fourth-order valence-electron chi connectivity index (χ4n) is 2.61. The van der Waals surface area contributed by atoms with Gasteiger partial charge in [0.15, 0.2) is 17.5 Å². The maximum absolute atomic E-state index is 14.0. The van der Waals surface area contributed by atoms with Gasteiger partial charge in [0.25, 0.3) is 0 Å². The molecule has 0 radical (unpaired) electrons. The van der Waals surface area contributed by atoms with Crippen molar-refractivity contribution < 1.29 is 18.3 Å². The van der Waals surface area contributed by atoms with Gasteiger partial charge in [-0.25, -0.2) is 13.2 Å². The van der Waals surface area contributed by atoms with Crippen molar-refractivity contribution >= 4 is 0 Å². The van der Waals surface area contributed by atoms with Gasteiger partial charge >= 0.3 is 0 Å². The van der Waals surface area contributed by atoms with Gasteiger partial charge in [0.1, 0.15) is 0 Å². The third-order valence-electron chi connectivity index (χ3n) is 3.65. The highest BCUT2D eigenvalue weighted by Crippen LogP contribution is 2.30. The molecule has 0 aliphatic carbocycles. The fraction of sp³-hybridized carbons (Fsp3) is 0.571. The van der Waals surface area contributed by atoms with E-state index in [1.807, 2.05) is 4.90 Å². The summed E-state index contributed by atoms with van der Waals surface area (Å²) in [5.74, 6) is -3.72. The van der Waals surface area contributed by atoms with Crippen LogP contribution in [0.15, 0.2) is 12.1 Å². The normalized spacial score (nSPS) is 18.2. The molecule has 0 saturated carbocycles. The summed E-state index contributed by atoms with van der Waals surface area (Å²) in [6, 6.07) is 1.93. The number of hydrogen-bond donors (Lipinski definition) is 2. The zero-order chi connectivity index (χ0) is 14.5. The zero-order valence-electron chi connectivity index (χ0n) is 11.2. The molecule has 1 heterocycles. The lowest BCUT2D eigenvalue weighted by Crippen LogP contribution is -2.45. The van der Waals surface area contributed by atoms with Crippen molar-refractivity contribution in [1.29, 1.82) is 0 Å². The Hall–Kier alpha value is -1.11. The molecule has 0 amide bonds. The van der Waals surface area contributed by atoms with E-state index in [0.717, 1.165) is 19.2 Å². The van der Waals surface area contributed by atoms with Crippen molar-refractivity contribution in [2.24, 2.45) is 0 Å². The summed E-state index contributed by atoms with van der Waals surface area (Å²) in [4.78, 5) is 2.04. The molecule has 112 valence electrons. The average Bonchev–Trinajstić information content (AvgIpc) is 2.48. The van der Waals surface area contributed by atoms with E-state index in [0.29, 0.717) is 25.9 Å². The van der Waals surface area contributed by atoms with Gasteiger partial charge in [-0.2, -0.15) is 0 Å². The van der Waals surface area contributed by atoms with Crippen LogP contribution in [0.25, 0.3) is 0 Å². The SMILES string of the molecule is OCCC[C@@H](c1ccc(F)c(F)c1F)N1CCNCC1. The third-order valence-corrected chi connectivity index (χ3v) is 3.65. The molecule has 0 spiro atoms. The minimum absolute atomic E-state index is 0.00607. The molecule has 2 N–H and O–H groups in total. The molecule has 0 bridgehead atoms. The van der Waals surface area contributed by atoms with Crippen molar-refractivity contribution in [3.8, 4) is 0 Å². The highest BCUT2D eigenvalue weighted by Gasteiger charge is 2.26. The Balaban J connectivity index is 2.27. The van der Waals surface area contributed by atoms with Crippen LogP contribution >= 0.6 is 0 Å². The number of halogens is 3. The Bertz CT molecular complexity index is 450. The standard InChI is InChI=1S/C14H19F3N2O/c15-11-4-3-10(13(16)14(11)17)12(2-1-9-20)19-7-5-18-6-8-19/h3-4,12,18,20H,1-2,5-9H2/t12-/m0/s1. The molecule has 1 aromatic rings. The van der Waals surface area contributed by atoms with E-state index >= 15 is 0 Å². The number of nitrogens with zero attached hydrogens (tertiary/aromatic N) is 1. The van der Waals surface area contributed by atoms with E-state index in [4.69, 9.17) is 5.11 Å². The second-order valence-electron chi connectivity index (χ2n) is 4.93. The number of aliphatic hydroxyl groups excluding tert-OH is 1. The van der Waals surface area contributed by atoms with Gasteiger partial charge in [0.05, 0.1) is 0 Å². The summed E-state index contributed by atoms with van der Waals surface area (Å²) < 4.78 is 40.4. The van der Waals surface area contributed by atoms with Crippen molar-refractivity contribution in [3.63, 3.8) is 0 Å². The van der Waals surface area contributed by atoms with E-state index in [-0.39, 0.29) is 18.2 Å². The molecule has 6 heteroatoms. The highest BCUT2D eigenvalue weighted by atomic mass is 19.2. The Kier molecular flexibility index (Phi) is 5.39. The molecule has 1 fully saturated rings. The maximum atomic E-state index is 14.0. The Morgan fingerprint density at radius 1 is 1.15 bits per heavy atom. The quantitative estimate of drug-likeness (QED) is 0.811. The lowest BCUT2D eigenvalue weighted by atomic mass is 9.98. The van der Waals surface area contributed by atoms with Crippen LogP contribution in [-0.4, -0.2) is 42.8 Å². The van der Waals surface area contributed by atoms with Crippen LogP contribution in [-0.2, 0) is 0 Å². The summed E-state index contributed by atoms with van der Waals surface area (Å²) >= 11 is 0. The lowest BCUT2D eigenvalue weighted by Gasteiger charge is -2.35. The first-order chi connectivity index (χ1) is 9.65. The highest BCUT2D eigenvalue weighted by molar-refractivity contribution is 5.24. The van der Waals surface area contributed by atoms with E-state index < -0.39 is 17.5 Å².